The van der Waals surface area contributed by atoms with Crippen LogP contribution in [0.2, 0.25) is 0 Å². The Kier molecular flexibility index (Phi) is 5.02. The van der Waals surface area contributed by atoms with Crippen molar-refractivity contribution in [2.75, 3.05) is 48.7 Å². The van der Waals surface area contributed by atoms with E-state index in [0.717, 1.165) is 45.0 Å². The Labute approximate surface area is 190 Å². The van der Waals surface area contributed by atoms with Crippen molar-refractivity contribution < 1.29 is 4.42 Å². The zero-order valence-electron chi connectivity index (χ0n) is 18.2. The van der Waals surface area contributed by atoms with E-state index < -0.39 is 0 Å². The van der Waals surface area contributed by atoms with Gasteiger partial charge in [-0.25, -0.2) is 9.97 Å². The number of nitrogen functional groups attached to an aromatic ring is 1. The number of anilines is 3. The van der Waals surface area contributed by atoms with Gasteiger partial charge in [-0.2, -0.15) is 14.5 Å². The first-order chi connectivity index (χ1) is 16.2. The number of piperidine rings is 1. The number of hydrogen-bond acceptors (Lipinski definition) is 10. The summed E-state index contributed by atoms with van der Waals surface area (Å²) in [4.78, 5) is 22.7. The number of hydrogen-bond donors (Lipinski definition) is 2. The number of fused-ring (bicyclic) bond motifs is 2. The maximum absolute atomic E-state index is 6.30. The van der Waals surface area contributed by atoms with Crippen LogP contribution in [0.25, 0.3) is 17.4 Å². The van der Waals surface area contributed by atoms with Crippen molar-refractivity contribution in [3.8, 4) is 11.6 Å². The summed E-state index contributed by atoms with van der Waals surface area (Å²) >= 11 is 0. The third kappa shape index (κ3) is 3.95. The smallest absolute Gasteiger partial charge is 0.256 e. The maximum Gasteiger partial charge on any atom is 0.256 e. The molecule has 2 fully saturated rings. The fraction of sp³-hybridized carbons (Fsp3) is 0.409. The predicted octanol–water partition coefficient (Wildman–Crippen LogP) is 1.77. The van der Waals surface area contributed by atoms with Crippen molar-refractivity contribution in [2.24, 2.45) is 5.92 Å². The summed E-state index contributed by atoms with van der Waals surface area (Å²) < 4.78 is 6.97. The van der Waals surface area contributed by atoms with E-state index in [1.807, 2.05) is 24.3 Å². The lowest BCUT2D eigenvalue weighted by Gasteiger charge is -2.46. The molecule has 2 unspecified atom stereocenters. The minimum absolute atomic E-state index is 0.481. The Morgan fingerprint density at radius 3 is 2.85 bits per heavy atom. The minimum atomic E-state index is 0.481. The molecule has 0 aromatic carbocycles. The van der Waals surface area contributed by atoms with Crippen LogP contribution >= 0.6 is 0 Å². The third-order valence-corrected chi connectivity index (χ3v) is 6.51. The Bertz CT molecular complexity index is 1220. The molecule has 170 valence electrons. The molecule has 4 aromatic rings. The molecule has 2 aliphatic heterocycles. The Balaban J connectivity index is 1.12. The van der Waals surface area contributed by atoms with Crippen LogP contribution in [0.15, 0.2) is 47.3 Å². The molecule has 2 atom stereocenters. The summed E-state index contributed by atoms with van der Waals surface area (Å²) in [6, 6.07) is 7.86. The molecule has 0 spiro atoms. The fourth-order valence-electron chi connectivity index (χ4n) is 4.81. The number of nitrogens with zero attached hydrogens (tertiary/aromatic N) is 8. The first-order valence-corrected chi connectivity index (χ1v) is 11.3. The van der Waals surface area contributed by atoms with Gasteiger partial charge in [-0.1, -0.05) is 0 Å². The molecular weight excluding hydrogens is 420 g/mol. The first kappa shape index (κ1) is 19.9. The van der Waals surface area contributed by atoms with Crippen LogP contribution < -0.4 is 16.0 Å². The molecule has 0 radical (unpaired) electrons. The average Bonchev–Trinajstić information content (AvgIpc) is 3.53. The van der Waals surface area contributed by atoms with Gasteiger partial charge < -0.3 is 20.4 Å². The highest BCUT2D eigenvalue weighted by molar-refractivity contribution is 5.57. The van der Waals surface area contributed by atoms with Gasteiger partial charge in [0.25, 0.3) is 5.78 Å². The van der Waals surface area contributed by atoms with E-state index in [2.05, 4.69) is 35.2 Å². The van der Waals surface area contributed by atoms with E-state index in [1.54, 1.807) is 23.2 Å². The van der Waals surface area contributed by atoms with Crippen molar-refractivity contribution >= 4 is 23.4 Å². The van der Waals surface area contributed by atoms with E-state index in [4.69, 9.17) is 15.1 Å². The molecular formula is C22H26N10O. The summed E-state index contributed by atoms with van der Waals surface area (Å²) in [5.41, 5.74) is 6.30. The first-order valence-electron chi connectivity index (χ1n) is 11.3. The molecule has 3 N–H and O–H groups in total. The van der Waals surface area contributed by atoms with E-state index in [-0.39, 0.29) is 0 Å². The third-order valence-electron chi connectivity index (χ3n) is 6.51. The van der Waals surface area contributed by atoms with Gasteiger partial charge in [0.15, 0.2) is 5.76 Å². The monoisotopic (exact) mass is 446 g/mol. The van der Waals surface area contributed by atoms with Crippen LogP contribution in [0.4, 0.5) is 17.6 Å². The van der Waals surface area contributed by atoms with Gasteiger partial charge in [-0.15, -0.1) is 5.10 Å². The lowest BCUT2D eigenvalue weighted by atomic mass is 9.91. The quantitative estimate of drug-likeness (QED) is 0.468. The van der Waals surface area contributed by atoms with Crippen LogP contribution in [-0.4, -0.2) is 73.2 Å². The normalized spacial score (nSPS) is 21.3. The van der Waals surface area contributed by atoms with Crippen LogP contribution in [0, 0.1) is 5.92 Å². The molecule has 33 heavy (non-hydrogen) atoms. The number of rotatable bonds is 5. The summed E-state index contributed by atoms with van der Waals surface area (Å²) in [5.74, 6) is 4.22. The van der Waals surface area contributed by atoms with Gasteiger partial charge in [0.2, 0.25) is 11.8 Å². The average molecular weight is 447 g/mol. The molecule has 11 heteroatoms. The largest absolute Gasteiger partial charge is 0.461 e. The SMILES string of the molecule is Nc1cc(N2CCN3CC(CNc4ncccn4)CCC3C2)nc2nc(-c3ccco3)nn12. The van der Waals surface area contributed by atoms with Gasteiger partial charge in [-0.05, 0) is 37.0 Å². The van der Waals surface area contributed by atoms with Crippen molar-refractivity contribution in [1.29, 1.82) is 0 Å². The maximum atomic E-state index is 6.30. The highest BCUT2D eigenvalue weighted by atomic mass is 16.3. The van der Waals surface area contributed by atoms with Crippen molar-refractivity contribution in [1.82, 2.24) is 34.4 Å². The molecule has 0 amide bonds. The Morgan fingerprint density at radius 1 is 1.09 bits per heavy atom. The number of furan rings is 1. The van der Waals surface area contributed by atoms with E-state index in [1.165, 1.54) is 6.42 Å². The van der Waals surface area contributed by atoms with Gasteiger partial charge in [-0.3, -0.25) is 4.90 Å². The predicted molar refractivity (Wildman–Crippen MR) is 124 cm³/mol. The highest BCUT2D eigenvalue weighted by Gasteiger charge is 2.33. The molecule has 4 aromatic heterocycles. The van der Waals surface area contributed by atoms with Crippen LogP contribution in [0.1, 0.15) is 12.8 Å². The van der Waals surface area contributed by atoms with Gasteiger partial charge in [0.1, 0.15) is 11.6 Å². The lowest BCUT2D eigenvalue weighted by molar-refractivity contribution is 0.0996. The second-order valence-electron chi connectivity index (χ2n) is 8.66. The molecule has 6 rings (SSSR count). The van der Waals surface area contributed by atoms with Crippen LogP contribution in [0.3, 0.4) is 0 Å². The van der Waals surface area contributed by atoms with E-state index >= 15 is 0 Å². The molecule has 6 heterocycles. The second-order valence-corrected chi connectivity index (χ2v) is 8.66. The Hall–Kier alpha value is -3.73. The van der Waals surface area contributed by atoms with Crippen LogP contribution in [-0.2, 0) is 0 Å². The summed E-state index contributed by atoms with van der Waals surface area (Å²) in [7, 11) is 0. The van der Waals surface area contributed by atoms with E-state index in [9.17, 15) is 0 Å². The standard InChI is InChI=1S/C22H26N10O/c23-18-11-19(27-22-28-20(29-32(18)22)17-3-1-10-33-17)31-9-8-30-13-15(4-5-16(30)14-31)12-26-21-24-6-2-7-25-21/h1-3,6-7,10-11,15-16H,4-5,8-9,12-14,23H2,(H,24,25,26). The van der Waals surface area contributed by atoms with Crippen molar-refractivity contribution in [3.63, 3.8) is 0 Å². The van der Waals surface area contributed by atoms with Crippen molar-refractivity contribution in [2.45, 2.75) is 18.9 Å². The lowest BCUT2D eigenvalue weighted by Crippen LogP contribution is -2.57. The second kappa shape index (κ2) is 8.32. The zero-order valence-corrected chi connectivity index (χ0v) is 18.2. The number of nitrogens with two attached hydrogens (primary N) is 1. The fourth-order valence-corrected chi connectivity index (χ4v) is 4.81. The summed E-state index contributed by atoms with van der Waals surface area (Å²) in [6.45, 7) is 4.82. The molecule has 0 bridgehead atoms. The zero-order chi connectivity index (χ0) is 22.2. The van der Waals surface area contributed by atoms with Gasteiger partial charge in [0, 0.05) is 57.2 Å². The molecule has 0 aliphatic carbocycles. The highest BCUT2D eigenvalue weighted by Crippen LogP contribution is 2.28. The molecule has 2 aliphatic rings. The van der Waals surface area contributed by atoms with E-state index in [0.29, 0.717) is 41.1 Å². The molecule has 0 saturated carbocycles. The minimum Gasteiger partial charge on any atom is -0.461 e. The number of aromatic nitrogens is 6. The van der Waals surface area contributed by atoms with Crippen molar-refractivity contribution in [3.05, 3.63) is 42.9 Å². The topological polar surface area (TPSA) is 127 Å². The Morgan fingerprint density at radius 2 is 2.00 bits per heavy atom. The van der Waals surface area contributed by atoms with Crippen LogP contribution in [0.5, 0.6) is 0 Å². The summed E-state index contributed by atoms with van der Waals surface area (Å²) in [6.07, 6.45) is 7.47. The molecule has 11 nitrogen and oxygen atoms in total. The van der Waals surface area contributed by atoms with Gasteiger partial charge in [0.05, 0.1) is 6.26 Å². The number of piperazine rings is 1. The van der Waals surface area contributed by atoms with Gasteiger partial charge >= 0.3 is 0 Å². The summed E-state index contributed by atoms with van der Waals surface area (Å²) in [5, 5.41) is 7.81. The number of nitrogens with one attached hydrogen (secondary N) is 1. The molecule has 2 saturated heterocycles.